The van der Waals surface area contributed by atoms with Crippen molar-refractivity contribution in [3.63, 3.8) is 0 Å². The summed E-state index contributed by atoms with van der Waals surface area (Å²) in [6, 6.07) is 10.6. The second-order valence-corrected chi connectivity index (χ2v) is 9.80. The number of nitro groups is 1. The Morgan fingerprint density at radius 1 is 1.16 bits per heavy atom. The zero-order chi connectivity index (χ0) is 22.9. The van der Waals surface area contributed by atoms with Gasteiger partial charge >= 0.3 is 19.3 Å². The number of rotatable bonds is 10. The number of ether oxygens (including phenoxy) is 2. The monoisotopic (exact) mass is 461 g/mol. The average molecular weight is 461 g/mol. The summed E-state index contributed by atoms with van der Waals surface area (Å²) in [5.41, 5.74) is 0.636. The molecular formula is C21H24N3O7P. The van der Waals surface area contributed by atoms with E-state index in [-0.39, 0.29) is 29.4 Å². The lowest BCUT2D eigenvalue weighted by atomic mass is 10.1. The van der Waals surface area contributed by atoms with Gasteiger partial charge in [0, 0.05) is 32.2 Å². The second-order valence-electron chi connectivity index (χ2n) is 7.48. The third-order valence-corrected chi connectivity index (χ3v) is 7.90. The fourth-order valence-electron chi connectivity index (χ4n) is 3.22. The Kier molecular flexibility index (Phi) is 6.30. The van der Waals surface area contributed by atoms with Crippen LogP contribution in [0.1, 0.15) is 35.9 Å². The molecule has 0 N–H and O–H groups in total. The van der Waals surface area contributed by atoms with Gasteiger partial charge in [-0.15, -0.1) is 0 Å². The number of carbonyl (C=O) groups excluding carboxylic acids is 1. The zero-order valence-corrected chi connectivity index (χ0v) is 18.7. The molecule has 1 atom stereocenters. The Labute approximate surface area is 185 Å². The number of nitro benzene ring substituents is 1. The molecule has 2 heterocycles. The molecule has 0 aliphatic carbocycles. The minimum atomic E-state index is -3.06. The van der Waals surface area contributed by atoms with E-state index in [0.29, 0.717) is 5.56 Å². The van der Waals surface area contributed by atoms with Crippen LogP contribution >= 0.6 is 7.67 Å². The van der Waals surface area contributed by atoms with E-state index in [4.69, 9.17) is 14.0 Å². The molecule has 10 nitrogen and oxygen atoms in total. The van der Waals surface area contributed by atoms with Gasteiger partial charge in [-0.05, 0) is 49.7 Å². The maximum atomic E-state index is 13.3. The van der Waals surface area contributed by atoms with Gasteiger partial charge < -0.3 is 9.47 Å². The minimum Gasteiger partial charge on any atom is -0.462 e. The normalized spacial score (nSPS) is 16.9. The maximum Gasteiger partial charge on any atom is 0.346 e. The molecule has 2 aliphatic rings. The molecule has 0 aromatic heterocycles. The van der Waals surface area contributed by atoms with Crippen molar-refractivity contribution >= 4 is 19.3 Å². The van der Waals surface area contributed by atoms with Gasteiger partial charge in [0.15, 0.2) is 0 Å². The summed E-state index contributed by atoms with van der Waals surface area (Å²) in [5.74, 6) is -0.260. The number of hydrogen-bond acceptors (Lipinski definition) is 7. The summed E-state index contributed by atoms with van der Waals surface area (Å²) in [7, 11) is -3.06. The number of benzene rings is 2. The highest BCUT2D eigenvalue weighted by molar-refractivity contribution is 7.54. The number of carbonyl (C=O) groups is 1. The lowest BCUT2D eigenvalue weighted by Gasteiger charge is -2.24. The molecule has 170 valence electrons. The van der Waals surface area contributed by atoms with Crippen molar-refractivity contribution in [2.24, 2.45) is 0 Å². The predicted molar refractivity (Wildman–Crippen MR) is 116 cm³/mol. The highest BCUT2D eigenvalue weighted by atomic mass is 31.2. The molecule has 11 heteroatoms. The Balaban J connectivity index is 1.58. The molecule has 2 saturated heterocycles. The predicted octanol–water partition coefficient (Wildman–Crippen LogP) is 4.38. The summed E-state index contributed by atoms with van der Waals surface area (Å²) in [6.45, 7) is 6.60. The van der Waals surface area contributed by atoms with Gasteiger partial charge in [-0.1, -0.05) is 6.07 Å². The standard InChI is InChI=1S/C21H24N3O7P/c1-3-29-21(25)17-5-4-6-18(13-17)30-20-14-16(7-8-19(20)24(26)27)15(2)31-32(28,22-9-10-22)23-11-12-23/h4-8,13-15H,3,9-12H2,1-2H3. The van der Waals surface area contributed by atoms with Gasteiger partial charge in [0.1, 0.15) is 5.75 Å². The van der Waals surface area contributed by atoms with Gasteiger partial charge in [-0.25, -0.2) is 14.1 Å². The van der Waals surface area contributed by atoms with Crippen LogP contribution in [-0.2, 0) is 13.8 Å². The number of esters is 1. The van der Waals surface area contributed by atoms with E-state index in [1.807, 2.05) is 0 Å². The molecular weight excluding hydrogens is 437 g/mol. The maximum absolute atomic E-state index is 13.3. The first-order valence-electron chi connectivity index (χ1n) is 10.3. The molecule has 32 heavy (non-hydrogen) atoms. The topological polar surface area (TPSA) is 111 Å². The molecule has 0 radical (unpaired) electrons. The Bertz CT molecular complexity index is 1070. The highest BCUT2D eigenvalue weighted by Crippen LogP contribution is 2.63. The summed E-state index contributed by atoms with van der Waals surface area (Å²) < 4.78 is 33.6. The lowest BCUT2D eigenvalue weighted by Crippen LogP contribution is -2.10. The van der Waals surface area contributed by atoms with Crippen LogP contribution in [0.15, 0.2) is 42.5 Å². The van der Waals surface area contributed by atoms with E-state index in [9.17, 15) is 19.5 Å². The molecule has 1 unspecified atom stereocenters. The highest BCUT2D eigenvalue weighted by Gasteiger charge is 2.50. The number of hydrogen-bond donors (Lipinski definition) is 0. The SMILES string of the molecule is CCOC(=O)c1cccc(Oc2cc(C(C)OP(=O)(N3CC3)N3CC3)ccc2[N+](=O)[O-])c1. The van der Waals surface area contributed by atoms with Gasteiger partial charge in [0.25, 0.3) is 0 Å². The molecule has 0 bridgehead atoms. The lowest BCUT2D eigenvalue weighted by molar-refractivity contribution is -0.385. The molecule has 2 aliphatic heterocycles. The molecule has 2 aromatic carbocycles. The number of nitrogens with zero attached hydrogens (tertiary/aromatic N) is 3. The minimum absolute atomic E-state index is 0.00255. The zero-order valence-electron chi connectivity index (χ0n) is 17.8. The van der Waals surface area contributed by atoms with Crippen LogP contribution in [-0.4, -0.2) is 53.0 Å². The first-order chi connectivity index (χ1) is 15.3. The Morgan fingerprint density at radius 3 is 2.44 bits per heavy atom. The van der Waals surface area contributed by atoms with Crippen molar-refractivity contribution < 1.29 is 28.3 Å². The van der Waals surface area contributed by atoms with Gasteiger partial charge in [-0.3, -0.25) is 19.2 Å². The summed E-state index contributed by atoms with van der Waals surface area (Å²) in [6.07, 6.45) is -0.573. The smallest absolute Gasteiger partial charge is 0.346 e. The summed E-state index contributed by atoms with van der Waals surface area (Å²) in [4.78, 5) is 23.0. The average Bonchev–Trinajstić information content (AvgIpc) is 3.65. The van der Waals surface area contributed by atoms with Crippen LogP contribution in [0.25, 0.3) is 0 Å². The van der Waals surface area contributed by atoms with E-state index >= 15 is 0 Å². The van der Waals surface area contributed by atoms with Crippen molar-refractivity contribution in [2.45, 2.75) is 20.0 Å². The Hall–Kier alpha value is -2.78. The van der Waals surface area contributed by atoms with Crippen molar-refractivity contribution in [3.05, 3.63) is 63.7 Å². The van der Waals surface area contributed by atoms with E-state index in [1.54, 1.807) is 47.5 Å². The van der Waals surface area contributed by atoms with Gasteiger partial charge in [0.2, 0.25) is 5.75 Å². The van der Waals surface area contributed by atoms with Crippen molar-refractivity contribution in [3.8, 4) is 11.5 Å². The fraction of sp³-hybridized carbons (Fsp3) is 0.381. The van der Waals surface area contributed by atoms with Crippen LogP contribution in [0.4, 0.5) is 5.69 Å². The quantitative estimate of drug-likeness (QED) is 0.167. The third kappa shape index (κ3) is 4.83. The Morgan fingerprint density at radius 2 is 1.84 bits per heavy atom. The van der Waals surface area contributed by atoms with Crippen molar-refractivity contribution in [2.75, 3.05) is 32.8 Å². The summed E-state index contributed by atoms with van der Waals surface area (Å²) in [5, 5.41) is 11.5. The van der Waals surface area contributed by atoms with E-state index in [1.165, 1.54) is 18.2 Å². The molecule has 2 fully saturated rings. The largest absolute Gasteiger partial charge is 0.462 e. The first-order valence-corrected chi connectivity index (χ1v) is 11.9. The summed E-state index contributed by atoms with van der Waals surface area (Å²) >= 11 is 0. The molecule has 0 amide bonds. The van der Waals surface area contributed by atoms with Crippen LogP contribution in [0.5, 0.6) is 11.5 Å². The van der Waals surface area contributed by atoms with Gasteiger partial charge in [-0.2, -0.15) is 0 Å². The van der Waals surface area contributed by atoms with Crippen LogP contribution < -0.4 is 4.74 Å². The fourth-order valence-corrected chi connectivity index (χ4v) is 5.57. The van der Waals surface area contributed by atoms with E-state index < -0.39 is 24.7 Å². The van der Waals surface area contributed by atoms with Crippen LogP contribution in [0.2, 0.25) is 0 Å². The van der Waals surface area contributed by atoms with Crippen molar-refractivity contribution in [1.82, 2.24) is 9.34 Å². The molecule has 0 saturated carbocycles. The van der Waals surface area contributed by atoms with Crippen LogP contribution in [0, 0.1) is 10.1 Å². The molecule has 2 aromatic rings. The first kappa shape index (κ1) is 22.4. The third-order valence-electron chi connectivity index (χ3n) is 5.08. The second kappa shape index (κ2) is 8.99. The van der Waals surface area contributed by atoms with Crippen LogP contribution in [0.3, 0.4) is 0 Å². The molecule has 0 spiro atoms. The van der Waals surface area contributed by atoms with E-state index in [0.717, 1.165) is 26.2 Å². The van der Waals surface area contributed by atoms with E-state index in [2.05, 4.69) is 0 Å². The van der Waals surface area contributed by atoms with Gasteiger partial charge in [0.05, 0.1) is 23.2 Å². The van der Waals surface area contributed by atoms with Crippen molar-refractivity contribution in [1.29, 1.82) is 0 Å². The molecule has 4 rings (SSSR count).